The van der Waals surface area contributed by atoms with Crippen LogP contribution in [0.15, 0.2) is 52.4 Å². The lowest BCUT2D eigenvalue weighted by atomic mass is 10.2. The Morgan fingerprint density at radius 2 is 2.00 bits per heavy atom. The number of carbonyl (C=O) groups is 1. The summed E-state index contributed by atoms with van der Waals surface area (Å²) >= 11 is 3.38. The monoisotopic (exact) mass is 501 g/mol. The Morgan fingerprint density at radius 1 is 1.27 bits per heavy atom. The van der Waals surface area contributed by atoms with Gasteiger partial charge in [-0.25, -0.2) is 13.6 Å². The first kappa shape index (κ1) is 19.2. The zero-order valence-electron chi connectivity index (χ0n) is 13.8. The number of hydrogen-bond donors (Lipinski definition) is 1. The third-order valence-electron chi connectivity index (χ3n) is 3.73. The number of nitrogens with two attached hydrogens (primary N) is 1. The van der Waals surface area contributed by atoms with Crippen molar-refractivity contribution in [3.63, 3.8) is 0 Å². The van der Waals surface area contributed by atoms with E-state index in [1.807, 2.05) is 23.6 Å². The maximum absolute atomic E-state index is 12.6. The molecule has 2 aromatic carbocycles. The third-order valence-corrected chi connectivity index (χ3v) is 6.62. The molecule has 136 valence electrons. The number of halogens is 1. The number of fused-ring (bicyclic) bond motifs is 1. The summed E-state index contributed by atoms with van der Waals surface area (Å²) in [6, 6.07) is 12.0. The van der Waals surface area contributed by atoms with Crippen molar-refractivity contribution >= 4 is 60.1 Å². The number of sulfonamides is 1. The summed E-state index contributed by atoms with van der Waals surface area (Å²) in [5.41, 5.74) is 1.37. The van der Waals surface area contributed by atoms with Crippen LogP contribution in [0.5, 0.6) is 0 Å². The summed E-state index contributed by atoms with van der Waals surface area (Å²) in [4.78, 5) is 17.5. The Hall–Kier alpha value is -1.56. The van der Waals surface area contributed by atoms with E-state index < -0.39 is 10.0 Å². The van der Waals surface area contributed by atoms with Crippen LogP contribution in [0.1, 0.15) is 23.7 Å². The number of primary sulfonamides is 1. The van der Waals surface area contributed by atoms with E-state index in [2.05, 4.69) is 27.6 Å². The number of amides is 1. The summed E-state index contributed by atoms with van der Waals surface area (Å²) in [6.45, 7) is 2.70. The van der Waals surface area contributed by atoms with Gasteiger partial charge in [-0.15, -0.1) is 0 Å². The van der Waals surface area contributed by atoms with E-state index in [1.54, 1.807) is 18.2 Å². The van der Waals surface area contributed by atoms with Crippen LogP contribution in [0.4, 0.5) is 0 Å². The first-order valence-electron chi connectivity index (χ1n) is 7.81. The van der Waals surface area contributed by atoms with Crippen molar-refractivity contribution in [2.45, 2.75) is 24.8 Å². The van der Waals surface area contributed by atoms with Crippen LogP contribution in [0.2, 0.25) is 0 Å². The highest BCUT2D eigenvalue weighted by atomic mass is 127. The molecule has 0 saturated carbocycles. The molecule has 1 amide bonds. The van der Waals surface area contributed by atoms with Crippen LogP contribution in [-0.4, -0.2) is 18.9 Å². The smallest absolute Gasteiger partial charge is 0.280 e. The van der Waals surface area contributed by atoms with Gasteiger partial charge < -0.3 is 4.57 Å². The number of benzene rings is 2. The molecule has 0 aliphatic heterocycles. The number of aryl methyl sites for hydroxylation is 1. The van der Waals surface area contributed by atoms with Gasteiger partial charge in [-0.05, 0) is 59.3 Å². The van der Waals surface area contributed by atoms with E-state index in [4.69, 9.17) is 5.14 Å². The van der Waals surface area contributed by atoms with Gasteiger partial charge in [0.25, 0.3) is 5.91 Å². The molecule has 0 atom stereocenters. The van der Waals surface area contributed by atoms with Gasteiger partial charge in [-0.1, -0.05) is 30.4 Å². The second-order valence-corrected chi connectivity index (χ2v) is 9.34. The molecule has 1 heterocycles. The molecular weight excluding hydrogens is 485 g/mol. The van der Waals surface area contributed by atoms with Gasteiger partial charge in [0.15, 0.2) is 4.80 Å². The summed E-state index contributed by atoms with van der Waals surface area (Å²) < 4.78 is 26.7. The van der Waals surface area contributed by atoms with Crippen LogP contribution in [-0.2, 0) is 16.6 Å². The van der Waals surface area contributed by atoms with Gasteiger partial charge in [-0.3, -0.25) is 4.79 Å². The number of hydrogen-bond acceptors (Lipinski definition) is 4. The minimum absolute atomic E-state index is 0.0467. The highest BCUT2D eigenvalue weighted by Crippen LogP contribution is 2.22. The Kier molecular flexibility index (Phi) is 5.61. The fourth-order valence-corrected chi connectivity index (χ4v) is 4.86. The molecule has 2 N–H and O–H groups in total. The van der Waals surface area contributed by atoms with Crippen LogP contribution in [0, 0.1) is 3.57 Å². The molecule has 0 radical (unpaired) electrons. The quantitative estimate of drug-likeness (QED) is 0.557. The average molecular weight is 501 g/mol. The van der Waals surface area contributed by atoms with Crippen molar-refractivity contribution in [2.24, 2.45) is 10.1 Å². The lowest BCUT2D eigenvalue weighted by Gasteiger charge is -2.04. The van der Waals surface area contributed by atoms with E-state index in [-0.39, 0.29) is 10.8 Å². The summed E-state index contributed by atoms with van der Waals surface area (Å²) in [5, 5.41) is 5.22. The fourth-order valence-electron chi connectivity index (χ4n) is 2.54. The highest BCUT2D eigenvalue weighted by Gasteiger charge is 2.14. The molecule has 0 unspecified atom stereocenters. The molecule has 0 fully saturated rings. The highest BCUT2D eigenvalue weighted by molar-refractivity contribution is 14.1. The fraction of sp³-hybridized carbons (Fsp3) is 0.176. The molecule has 6 nitrogen and oxygen atoms in total. The Labute approximate surface area is 168 Å². The van der Waals surface area contributed by atoms with Crippen molar-refractivity contribution in [2.75, 3.05) is 0 Å². The minimum atomic E-state index is -3.78. The lowest BCUT2D eigenvalue weighted by Crippen LogP contribution is -2.17. The van der Waals surface area contributed by atoms with E-state index in [9.17, 15) is 13.2 Å². The lowest BCUT2D eigenvalue weighted by molar-refractivity contribution is 0.0997. The largest absolute Gasteiger partial charge is 0.316 e. The maximum Gasteiger partial charge on any atom is 0.280 e. The van der Waals surface area contributed by atoms with Crippen LogP contribution in [0.3, 0.4) is 0 Å². The van der Waals surface area contributed by atoms with E-state index in [1.165, 1.54) is 23.5 Å². The molecule has 3 aromatic rings. The van der Waals surface area contributed by atoms with Gasteiger partial charge in [-0.2, -0.15) is 4.99 Å². The number of thiazole rings is 1. The topological polar surface area (TPSA) is 94.5 Å². The predicted molar refractivity (Wildman–Crippen MR) is 111 cm³/mol. The minimum Gasteiger partial charge on any atom is -0.316 e. The standard InChI is InChI=1S/C17H16IN3O3S2/c1-2-9-21-14-8-7-11(26(19,23)24)10-15(14)25-17(21)20-16(22)12-5-3-4-6-13(12)18/h3-8,10H,2,9H2,1H3,(H2,19,23,24). The zero-order chi connectivity index (χ0) is 18.9. The van der Waals surface area contributed by atoms with Gasteiger partial charge in [0.05, 0.1) is 20.7 Å². The van der Waals surface area contributed by atoms with Crippen LogP contribution >= 0.6 is 33.9 Å². The molecule has 0 saturated heterocycles. The SMILES string of the molecule is CCCn1c(=NC(=O)c2ccccc2I)sc2cc(S(N)(=O)=O)ccc21. The molecule has 26 heavy (non-hydrogen) atoms. The summed E-state index contributed by atoms with van der Waals surface area (Å²) in [7, 11) is -3.78. The van der Waals surface area contributed by atoms with Gasteiger partial charge in [0, 0.05) is 10.1 Å². The Bertz CT molecular complexity index is 1160. The first-order chi connectivity index (χ1) is 12.3. The van der Waals surface area contributed by atoms with Gasteiger partial charge >= 0.3 is 0 Å². The second kappa shape index (κ2) is 7.59. The van der Waals surface area contributed by atoms with E-state index in [0.717, 1.165) is 20.2 Å². The van der Waals surface area contributed by atoms with Crippen molar-refractivity contribution in [1.82, 2.24) is 4.57 Å². The summed E-state index contributed by atoms with van der Waals surface area (Å²) in [6.07, 6.45) is 0.854. The molecule has 0 spiro atoms. The van der Waals surface area contributed by atoms with Crippen LogP contribution in [0.25, 0.3) is 10.2 Å². The Morgan fingerprint density at radius 3 is 2.65 bits per heavy atom. The average Bonchev–Trinajstić information content (AvgIpc) is 2.91. The zero-order valence-corrected chi connectivity index (χ0v) is 17.6. The normalized spacial score (nSPS) is 12.7. The first-order valence-corrected chi connectivity index (χ1v) is 11.2. The summed E-state index contributed by atoms with van der Waals surface area (Å²) in [5.74, 6) is -0.321. The second-order valence-electron chi connectivity index (χ2n) is 5.61. The number of nitrogens with zero attached hydrogens (tertiary/aromatic N) is 2. The predicted octanol–water partition coefficient (Wildman–Crippen LogP) is 3.11. The van der Waals surface area contributed by atoms with Crippen molar-refractivity contribution in [1.29, 1.82) is 0 Å². The molecule has 0 aliphatic rings. The van der Waals surface area contributed by atoms with E-state index >= 15 is 0 Å². The molecule has 9 heteroatoms. The van der Waals surface area contributed by atoms with Crippen LogP contribution < -0.4 is 9.94 Å². The molecule has 1 aromatic heterocycles. The maximum atomic E-state index is 12.6. The number of aromatic nitrogens is 1. The van der Waals surface area contributed by atoms with Crippen molar-refractivity contribution < 1.29 is 13.2 Å². The van der Waals surface area contributed by atoms with Crippen molar-refractivity contribution in [3.8, 4) is 0 Å². The third kappa shape index (κ3) is 3.90. The Balaban J connectivity index is 2.20. The molecule has 0 bridgehead atoms. The molecular formula is C17H16IN3O3S2. The number of carbonyl (C=O) groups excluding carboxylic acids is 1. The van der Waals surface area contributed by atoms with Gasteiger partial charge in [0.2, 0.25) is 10.0 Å². The van der Waals surface area contributed by atoms with Gasteiger partial charge in [0.1, 0.15) is 0 Å². The molecule has 3 rings (SSSR count). The van der Waals surface area contributed by atoms with Crippen molar-refractivity contribution in [3.05, 3.63) is 56.4 Å². The number of rotatable bonds is 4. The van der Waals surface area contributed by atoms with E-state index in [0.29, 0.717) is 16.9 Å². The molecule has 0 aliphatic carbocycles.